The first-order valence-corrected chi connectivity index (χ1v) is 2.83. The summed E-state index contributed by atoms with van der Waals surface area (Å²) in [6.45, 7) is 1.91. The summed E-state index contributed by atoms with van der Waals surface area (Å²) < 4.78 is 0. The van der Waals surface area contributed by atoms with E-state index in [0.717, 1.165) is 13.1 Å². The molecule has 0 aromatic carbocycles. The Bertz CT molecular complexity index is 78.5. The van der Waals surface area contributed by atoms with Crippen LogP contribution in [0.1, 0.15) is 12.8 Å². The lowest BCUT2D eigenvalue weighted by Gasteiger charge is -2.06. The molecule has 3 heteroatoms. The molecule has 0 aliphatic carbocycles. The molecule has 1 heterocycles. The monoisotopic (exact) mass is 113 g/mol. The molecule has 1 saturated heterocycles. The summed E-state index contributed by atoms with van der Waals surface area (Å²) in [6.07, 6.45) is 2.96. The highest BCUT2D eigenvalue weighted by Gasteiger charge is 2.10. The maximum Gasteiger partial charge on any atom is 0.244 e. The van der Waals surface area contributed by atoms with E-state index in [1.54, 1.807) is 5.01 Å². The van der Waals surface area contributed by atoms with E-state index < -0.39 is 0 Å². The van der Waals surface area contributed by atoms with Gasteiger partial charge in [-0.25, -0.2) is 0 Å². The molecule has 0 saturated carbocycles. The van der Waals surface area contributed by atoms with Gasteiger partial charge in [0.05, 0.1) is 0 Å². The zero-order chi connectivity index (χ0) is 5.82. The fourth-order valence-electron chi connectivity index (χ4n) is 0.883. The first kappa shape index (κ1) is 5.56. The standard InChI is InChI=1S/C5H9N2O/c8-5-6-7-3-1-2-4-7/h5H,1-4H2. The largest absolute Gasteiger partial charge is 0.275 e. The molecule has 8 heavy (non-hydrogen) atoms. The highest BCUT2D eigenvalue weighted by molar-refractivity contribution is 5.44. The summed E-state index contributed by atoms with van der Waals surface area (Å²) in [5, 5.41) is 1.80. The number of amides is 1. The minimum absolute atomic E-state index is 0.602. The third-order valence-electron chi connectivity index (χ3n) is 1.29. The summed E-state index contributed by atoms with van der Waals surface area (Å²) in [7, 11) is 0. The highest BCUT2D eigenvalue weighted by atomic mass is 16.1. The van der Waals surface area contributed by atoms with Crippen molar-refractivity contribution in [2.45, 2.75) is 12.8 Å². The zero-order valence-corrected chi connectivity index (χ0v) is 4.71. The predicted molar refractivity (Wildman–Crippen MR) is 29.0 cm³/mol. The second-order valence-corrected chi connectivity index (χ2v) is 1.88. The Balaban J connectivity index is 2.14. The molecule has 1 amide bonds. The summed E-state index contributed by atoms with van der Waals surface area (Å²) >= 11 is 0. The van der Waals surface area contributed by atoms with Crippen LogP contribution in [0, 0.1) is 0 Å². The van der Waals surface area contributed by atoms with Gasteiger partial charge < -0.3 is 0 Å². The molecular formula is C5H9N2O. The highest BCUT2D eigenvalue weighted by Crippen LogP contribution is 2.02. The Morgan fingerprint density at radius 2 is 2.00 bits per heavy atom. The van der Waals surface area contributed by atoms with Crippen molar-refractivity contribution < 1.29 is 4.79 Å². The number of hydrogen-bond acceptors (Lipinski definition) is 2. The third-order valence-corrected chi connectivity index (χ3v) is 1.29. The summed E-state index contributed by atoms with van der Waals surface area (Å²) in [5.41, 5.74) is 3.58. The van der Waals surface area contributed by atoms with Gasteiger partial charge >= 0.3 is 0 Å². The molecular weight excluding hydrogens is 104 g/mol. The van der Waals surface area contributed by atoms with Crippen molar-refractivity contribution in [3.63, 3.8) is 0 Å². The minimum atomic E-state index is 0.602. The lowest BCUT2D eigenvalue weighted by atomic mass is 10.4. The normalized spacial score (nSPS) is 21.0. The molecule has 0 atom stereocenters. The van der Waals surface area contributed by atoms with Crippen LogP contribution in [0.2, 0.25) is 0 Å². The molecule has 0 N–H and O–H groups in total. The number of rotatable bonds is 2. The second-order valence-electron chi connectivity index (χ2n) is 1.88. The first-order valence-electron chi connectivity index (χ1n) is 2.83. The van der Waals surface area contributed by atoms with E-state index in [-0.39, 0.29) is 0 Å². The van der Waals surface area contributed by atoms with E-state index in [4.69, 9.17) is 0 Å². The topological polar surface area (TPSA) is 34.4 Å². The van der Waals surface area contributed by atoms with Crippen molar-refractivity contribution in [1.82, 2.24) is 10.4 Å². The summed E-state index contributed by atoms with van der Waals surface area (Å²) in [6, 6.07) is 0. The van der Waals surface area contributed by atoms with E-state index in [1.807, 2.05) is 0 Å². The maximum atomic E-state index is 9.75. The van der Waals surface area contributed by atoms with Gasteiger partial charge in [0.1, 0.15) is 0 Å². The van der Waals surface area contributed by atoms with Crippen LogP contribution in [0.4, 0.5) is 0 Å². The molecule has 0 bridgehead atoms. The average molecular weight is 113 g/mol. The van der Waals surface area contributed by atoms with Crippen molar-refractivity contribution in [3.05, 3.63) is 0 Å². The van der Waals surface area contributed by atoms with Crippen LogP contribution in [-0.2, 0) is 4.79 Å². The van der Waals surface area contributed by atoms with Crippen LogP contribution < -0.4 is 5.43 Å². The molecule has 0 aromatic rings. The van der Waals surface area contributed by atoms with Crippen molar-refractivity contribution in [2.75, 3.05) is 13.1 Å². The Morgan fingerprint density at radius 3 is 2.50 bits per heavy atom. The fraction of sp³-hybridized carbons (Fsp3) is 0.800. The van der Waals surface area contributed by atoms with Crippen molar-refractivity contribution >= 4 is 6.41 Å². The van der Waals surface area contributed by atoms with E-state index >= 15 is 0 Å². The van der Waals surface area contributed by atoms with Gasteiger partial charge in [-0.05, 0) is 12.8 Å². The van der Waals surface area contributed by atoms with Crippen LogP contribution in [0.15, 0.2) is 0 Å². The molecule has 1 rings (SSSR count). The minimum Gasteiger partial charge on any atom is -0.275 e. The summed E-state index contributed by atoms with van der Waals surface area (Å²) in [5.74, 6) is 0. The molecule has 0 spiro atoms. The molecule has 0 unspecified atom stereocenters. The first-order chi connectivity index (χ1) is 3.93. The van der Waals surface area contributed by atoms with E-state index in [0.29, 0.717) is 6.41 Å². The van der Waals surface area contributed by atoms with Gasteiger partial charge in [0.15, 0.2) is 0 Å². The zero-order valence-electron chi connectivity index (χ0n) is 4.71. The van der Waals surface area contributed by atoms with Gasteiger partial charge in [-0.3, -0.25) is 4.79 Å². The molecule has 45 valence electrons. The van der Waals surface area contributed by atoms with Gasteiger partial charge in [-0.2, -0.15) is 10.4 Å². The van der Waals surface area contributed by atoms with Crippen LogP contribution in [0.3, 0.4) is 0 Å². The number of carbonyl (C=O) groups excluding carboxylic acids is 1. The number of hydrogen-bond donors (Lipinski definition) is 0. The quantitative estimate of drug-likeness (QED) is 0.463. The Morgan fingerprint density at radius 1 is 1.38 bits per heavy atom. The Kier molecular flexibility index (Phi) is 1.86. The van der Waals surface area contributed by atoms with Gasteiger partial charge in [-0.1, -0.05) is 0 Å². The van der Waals surface area contributed by atoms with Crippen molar-refractivity contribution in [3.8, 4) is 0 Å². The van der Waals surface area contributed by atoms with Crippen LogP contribution >= 0.6 is 0 Å². The van der Waals surface area contributed by atoms with Crippen LogP contribution in [0.25, 0.3) is 0 Å². The van der Waals surface area contributed by atoms with Crippen molar-refractivity contribution in [1.29, 1.82) is 0 Å². The van der Waals surface area contributed by atoms with E-state index in [2.05, 4.69) is 5.43 Å². The Hall–Kier alpha value is -0.570. The average Bonchev–Trinajstić information content (AvgIpc) is 2.19. The maximum absolute atomic E-state index is 9.75. The fourth-order valence-corrected chi connectivity index (χ4v) is 0.883. The van der Waals surface area contributed by atoms with Crippen LogP contribution in [0.5, 0.6) is 0 Å². The second kappa shape index (κ2) is 2.67. The summed E-state index contributed by atoms with van der Waals surface area (Å²) in [4.78, 5) is 9.75. The molecule has 3 nitrogen and oxygen atoms in total. The Labute approximate surface area is 48.6 Å². The van der Waals surface area contributed by atoms with E-state index in [9.17, 15) is 4.79 Å². The lowest BCUT2D eigenvalue weighted by molar-refractivity contribution is -0.113. The van der Waals surface area contributed by atoms with Gasteiger partial charge in [0, 0.05) is 13.1 Å². The molecule has 1 aliphatic rings. The SMILES string of the molecule is O=C[N]N1CCCC1. The van der Waals surface area contributed by atoms with Crippen LogP contribution in [-0.4, -0.2) is 24.5 Å². The van der Waals surface area contributed by atoms with Crippen molar-refractivity contribution in [2.24, 2.45) is 0 Å². The van der Waals surface area contributed by atoms with Gasteiger partial charge in [0.2, 0.25) is 6.41 Å². The van der Waals surface area contributed by atoms with Gasteiger partial charge in [0.25, 0.3) is 0 Å². The molecule has 1 fully saturated rings. The smallest absolute Gasteiger partial charge is 0.244 e. The molecule has 1 radical (unpaired) electrons. The predicted octanol–water partition coefficient (Wildman–Crippen LogP) is -0.242. The number of nitrogens with zero attached hydrogens (tertiary/aromatic N) is 2. The van der Waals surface area contributed by atoms with E-state index in [1.165, 1.54) is 12.8 Å². The lowest BCUT2D eigenvalue weighted by Crippen LogP contribution is -2.27. The number of carbonyl (C=O) groups is 1. The molecule has 1 aliphatic heterocycles. The molecule has 0 aromatic heterocycles. The third kappa shape index (κ3) is 1.20. The van der Waals surface area contributed by atoms with Gasteiger partial charge in [-0.15, -0.1) is 0 Å².